The fourth-order valence-electron chi connectivity index (χ4n) is 4.40. The fourth-order valence-corrected chi connectivity index (χ4v) is 4.40. The summed E-state index contributed by atoms with van der Waals surface area (Å²) in [6.07, 6.45) is 3.88. The number of aromatic nitrogens is 1. The van der Waals surface area contributed by atoms with Gasteiger partial charge < -0.3 is 31.0 Å². The minimum atomic E-state index is -0.484. The average molecular weight is 436 g/mol. The van der Waals surface area contributed by atoms with Crippen LogP contribution in [0, 0.1) is 0 Å². The number of aromatic amines is 1. The van der Waals surface area contributed by atoms with Crippen molar-refractivity contribution < 1.29 is 9.53 Å². The molecule has 0 spiro atoms. The van der Waals surface area contributed by atoms with Gasteiger partial charge >= 0.3 is 0 Å². The van der Waals surface area contributed by atoms with Crippen molar-refractivity contribution >= 4 is 28.2 Å². The van der Waals surface area contributed by atoms with Gasteiger partial charge in [0.05, 0.1) is 11.4 Å². The van der Waals surface area contributed by atoms with Gasteiger partial charge in [-0.1, -0.05) is 25.5 Å². The molecule has 0 saturated carbocycles. The van der Waals surface area contributed by atoms with E-state index < -0.39 is 6.10 Å². The van der Waals surface area contributed by atoms with Crippen molar-refractivity contribution in [1.29, 1.82) is 0 Å². The largest absolute Gasteiger partial charge is 0.481 e. The highest BCUT2D eigenvalue weighted by atomic mass is 16.5. The van der Waals surface area contributed by atoms with Gasteiger partial charge in [-0.25, -0.2) is 0 Å². The Labute approximate surface area is 189 Å². The molecule has 5 N–H and O–H groups in total. The van der Waals surface area contributed by atoms with E-state index in [0.717, 1.165) is 54.0 Å². The van der Waals surface area contributed by atoms with Crippen molar-refractivity contribution in [1.82, 2.24) is 9.88 Å². The summed E-state index contributed by atoms with van der Waals surface area (Å²) in [7, 11) is 0. The summed E-state index contributed by atoms with van der Waals surface area (Å²) in [6, 6.07) is 13.8. The number of anilines is 2. The molecule has 7 heteroatoms. The summed E-state index contributed by atoms with van der Waals surface area (Å²) >= 11 is 0. The number of hydrogen-bond acceptors (Lipinski definition) is 5. The zero-order valence-corrected chi connectivity index (χ0v) is 18.7. The number of H-pyrrole nitrogens is 1. The lowest BCUT2D eigenvalue weighted by Gasteiger charge is -2.38. The number of benzene rings is 2. The molecule has 32 heavy (non-hydrogen) atoms. The number of carbonyl (C=O) groups is 1. The van der Waals surface area contributed by atoms with E-state index in [1.165, 1.54) is 5.56 Å². The van der Waals surface area contributed by atoms with Gasteiger partial charge in [-0.2, -0.15) is 0 Å². The van der Waals surface area contributed by atoms with Crippen molar-refractivity contribution in [2.45, 2.75) is 32.3 Å². The fraction of sp³-hybridized carbons (Fsp3) is 0.400. The molecule has 0 aliphatic carbocycles. The summed E-state index contributed by atoms with van der Waals surface area (Å²) in [4.78, 5) is 20.8. The summed E-state index contributed by atoms with van der Waals surface area (Å²) < 4.78 is 6.24. The average Bonchev–Trinajstić information content (AvgIpc) is 3.21. The molecule has 170 valence electrons. The molecule has 3 aromatic rings. The number of nitrogens with zero attached hydrogens (tertiary/aromatic N) is 2. The molecule has 1 fully saturated rings. The Balaban J connectivity index is 1.44. The SMILES string of the molecule is CCCC(Oc1ccc2[nH]cc(CCN)c2c1)C(=O)N1CCN(c2ccccc2N)CC1. The lowest BCUT2D eigenvalue weighted by Crippen LogP contribution is -2.52. The normalized spacial score (nSPS) is 15.2. The number of fused-ring (bicyclic) bond motifs is 1. The lowest BCUT2D eigenvalue weighted by molar-refractivity contribution is -0.139. The number of piperazine rings is 1. The molecule has 1 saturated heterocycles. The lowest BCUT2D eigenvalue weighted by atomic mass is 10.1. The molecular formula is C25H33N5O2. The molecule has 1 aromatic heterocycles. The Kier molecular flexibility index (Phi) is 6.85. The highest BCUT2D eigenvalue weighted by Crippen LogP contribution is 2.27. The zero-order valence-electron chi connectivity index (χ0n) is 18.7. The summed E-state index contributed by atoms with van der Waals surface area (Å²) in [5.74, 6) is 0.779. The van der Waals surface area contributed by atoms with Crippen LogP contribution in [-0.4, -0.2) is 54.6 Å². The van der Waals surface area contributed by atoms with Crippen molar-refractivity contribution in [2.24, 2.45) is 5.73 Å². The van der Waals surface area contributed by atoms with Crippen molar-refractivity contribution in [3.63, 3.8) is 0 Å². The second-order valence-electron chi connectivity index (χ2n) is 8.33. The third kappa shape index (κ3) is 4.67. The van der Waals surface area contributed by atoms with Crippen molar-refractivity contribution in [3.8, 4) is 5.75 Å². The highest BCUT2D eigenvalue weighted by Gasteiger charge is 2.29. The molecule has 4 rings (SSSR count). The van der Waals surface area contributed by atoms with E-state index in [2.05, 4.69) is 16.8 Å². The number of ether oxygens (including phenoxy) is 1. The Morgan fingerprint density at radius 1 is 1.16 bits per heavy atom. The number of carbonyl (C=O) groups excluding carboxylic acids is 1. The van der Waals surface area contributed by atoms with Crippen LogP contribution >= 0.6 is 0 Å². The Bertz CT molecular complexity index is 1060. The third-order valence-corrected chi connectivity index (χ3v) is 6.13. The summed E-state index contributed by atoms with van der Waals surface area (Å²) in [5.41, 5.74) is 15.9. The van der Waals surface area contributed by atoms with E-state index in [1.54, 1.807) is 0 Å². The maximum Gasteiger partial charge on any atom is 0.263 e. The number of para-hydroxylation sites is 2. The van der Waals surface area contributed by atoms with Crippen molar-refractivity contribution in [2.75, 3.05) is 43.4 Å². The molecule has 0 bridgehead atoms. The molecule has 7 nitrogen and oxygen atoms in total. The molecule has 0 radical (unpaired) electrons. The number of amides is 1. The second kappa shape index (κ2) is 9.96. The molecule has 1 unspecified atom stereocenters. The van der Waals surface area contributed by atoms with Gasteiger partial charge in [-0.05, 0) is 55.3 Å². The van der Waals surface area contributed by atoms with Gasteiger partial charge in [-0.3, -0.25) is 4.79 Å². The summed E-state index contributed by atoms with van der Waals surface area (Å²) in [6.45, 7) is 5.51. The number of hydrogen-bond donors (Lipinski definition) is 3. The van der Waals surface area contributed by atoms with Crippen LogP contribution < -0.4 is 21.1 Å². The van der Waals surface area contributed by atoms with E-state index in [-0.39, 0.29) is 5.91 Å². The van der Waals surface area contributed by atoms with Gasteiger partial charge in [0, 0.05) is 43.3 Å². The smallest absolute Gasteiger partial charge is 0.263 e. The van der Waals surface area contributed by atoms with Gasteiger partial charge in [-0.15, -0.1) is 0 Å². The van der Waals surface area contributed by atoms with Gasteiger partial charge in [0.25, 0.3) is 5.91 Å². The second-order valence-corrected chi connectivity index (χ2v) is 8.33. The van der Waals surface area contributed by atoms with Gasteiger partial charge in [0.2, 0.25) is 0 Å². The van der Waals surface area contributed by atoms with Crippen molar-refractivity contribution in [3.05, 3.63) is 54.2 Å². The predicted molar refractivity (Wildman–Crippen MR) is 130 cm³/mol. The van der Waals surface area contributed by atoms with Crippen LogP contribution in [-0.2, 0) is 11.2 Å². The van der Waals surface area contributed by atoms with Crippen LogP contribution in [0.1, 0.15) is 25.3 Å². The first-order valence-electron chi connectivity index (χ1n) is 11.5. The molecule has 1 atom stereocenters. The van der Waals surface area contributed by atoms with E-state index in [1.807, 2.05) is 53.6 Å². The van der Waals surface area contributed by atoms with Crippen LogP contribution in [0.2, 0.25) is 0 Å². The first-order valence-corrected chi connectivity index (χ1v) is 11.5. The van der Waals surface area contributed by atoms with Crippen LogP contribution in [0.3, 0.4) is 0 Å². The maximum atomic E-state index is 13.3. The monoisotopic (exact) mass is 435 g/mol. The number of nitrogen functional groups attached to an aromatic ring is 1. The first kappa shape index (κ1) is 22.0. The van der Waals surface area contributed by atoms with Crippen LogP contribution in [0.4, 0.5) is 11.4 Å². The number of nitrogens with one attached hydrogen (secondary N) is 1. The van der Waals surface area contributed by atoms with E-state index >= 15 is 0 Å². The molecular weight excluding hydrogens is 402 g/mol. The first-order chi connectivity index (χ1) is 15.6. The van der Waals surface area contributed by atoms with Crippen LogP contribution in [0.5, 0.6) is 5.75 Å². The molecule has 1 aliphatic heterocycles. The minimum absolute atomic E-state index is 0.0591. The standard InChI is InChI=1S/C25H33N5O2/c1-2-5-24(32-19-8-9-22-20(16-19)18(10-11-26)17-28-22)25(31)30-14-12-29(13-15-30)23-7-4-3-6-21(23)27/h3-4,6-9,16-17,24,28H,2,5,10-15,26-27H2,1H3. The molecule has 2 heterocycles. The Morgan fingerprint density at radius 3 is 2.66 bits per heavy atom. The number of rotatable bonds is 8. The Hall–Kier alpha value is -3.19. The van der Waals surface area contributed by atoms with Crippen LogP contribution in [0.15, 0.2) is 48.7 Å². The van der Waals surface area contributed by atoms with Gasteiger partial charge in [0.1, 0.15) is 5.75 Å². The highest BCUT2D eigenvalue weighted by molar-refractivity contribution is 5.85. The maximum absolute atomic E-state index is 13.3. The quantitative estimate of drug-likeness (QED) is 0.472. The summed E-state index contributed by atoms with van der Waals surface area (Å²) in [5, 5.41) is 1.10. The molecule has 1 aliphatic rings. The number of nitrogens with two attached hydrogens (primary N) is 2. The molecule has 2 aromatic carbocycles. The van der Waals surface area contributed by atoms with Crippen LogP contribution in [0.25, 0.3) is 10.9 Å². The minimum Gasteiger partial charge on any atom is -0.481 e. The van der Waals surface area contributed by atoms with E-state index in [9.17, 15) is 4.79 Å². The zero-order chi connectivity index (χ0) is 22.5. The van der Waals surface area contributed by atoms with E-state index in [0.29, 0.717) is 26.1 Å². The van der Waals surface area contributed by atoms with E-state index in [4.69, 9.17) is 16.2 Å². The molecule has 1 amide bonds. The Morgan fingerprint density at radius 2 is 1.94 bits per heavy atom. The third-order valence-electron chi connectivity index (χ3n) is 6.13. The topological polar surface area (TPSA) is 101 Å². The van der Waals surface area contributed by atoms with Gasteiger partial charge in [0.15, 0.2) is 6.10 Å². The predicted octanol–water partition coefficient (Wildman–Crippen LogP) is 3.15.